The summed E-state index contributed by atoms with van der Waals surface area (Å²) in [6.07, 6.45) is 0.535. The van der Waals surface area contributed by atoms with Crippen LogP contribution in [0, 0.1) is 0 Å². The molecule has 0 aromatic carbocycles. The molecule has 1 aliphatic rings. The number of rotatable bonds is 2. The molecule has 1 heterocycles. The fraction of sp³-hybridized carbons (Fsp3) is 0.727. The van der Waals surface area contributed by atoms with Crippen LogP contribution in [0.5, 0.6) is 0 Å². The number of carbonyl (C=O) groups is 1. The Kier molecular flexibility index (Phi) is 3.88. The van der Waals surface area contributed by atoms with E-state index in [4.69, 9.17) is 14.2 Å². The third-order valence-corrected chi connectivity index (χ3v) is 2.43. The lowest BCUT2D eigenvalue weighted by Crippen LogP contribution is -2.45. The summed E-state index contributed by atoms with van der Waals surface area (Å²) in [5.74, 6) is -1.46. The van der Waals surface area contributed by atoms with E-state index in [-0.39, 0.29) is 6.10 Å². The van der Waals surface area contributed by atoms with Gasteiger partial charge in [0.1, 0.15) is 6.10 Å². The molecule has 0 aromatic rings. The maximum Gasteiger partial charge on any atom is 0.335 e. The smallest absolute Gasteiger partial charge is 0.335 e. The highest BCUT2D eigenvalue weighted by molar-refractivity contribution is 5.87. The highest BCUT2D eigenvalue weighted by Crippen LogP contribution is 2.24. The van der Waals surface area contributed by atoms with E-state index in [0.717, 1.165) is 6.42 Å². The van der Waals surface area contributed by atoms with Gasteiger partial charge < -0.3 is 14.2 Å². The molecule has 0 aliphatic carbocycles. The Morgan fingerprint density at radius 1 is 1.53 bits per heavy atom. The average Bonchev–Trinajstić information content (AvgIpc) is 2.30. The molecule has 86 valence electrons. The van der Waals surface area contributed by atoms with Crippen molar-refractivity contribution in [2.45, 2.75) is 39.1 Å². The summed E-state index contributed by atoms with van der Waals surface area (Å²) in [6, 6.07) is 0. The van der Waals surface area contributed by atoms with Crippen LogP contribution in [0.1, 0.15) is 27.2 Å². The van der Waals surface area contributed by atoms with E-state index in [1.807, 2.05) is 6.92 Å². The summed E-state index contributed by atoms with van der Waals surface area (Å²) < 4.78 is 16.2. The van der Waals surface area contributed by atoms with Crippen molar-refractivity contribution in [3.63, 3.8) is 0 Å². The van der Waals surface area contributed by atoms with Gasteiger partial charge in [0.25, 0.3) is 0 Å². The van der Waals surface area contributed by atoms with Gasteiger partial charge in [0.2, 0.25) is 5.79 Å². The molecular weight excluding hydrogens is 196 g/mol. The van der Waals surface area contributed by atoms with Gasteiger partial charge in [-0.3, -0.25) is 0 Å². The number of carbonyl (C=O) groups excluding carboxylic acids is 1. The standard InChI is InChI=1S/C11H18O4/c1-8(2)10(12)15-11(4)9(3)13-6-5-7-14-11/h9H,1,5-7H2,2-4H3. The third kappa shape index (κ3) is 3.04. The highest BCUT2D eigenvalue weighted by atomic mass is 16.7. The normalized spacial score (nSPS) is 31.8. The first-order valence-electron chi connectivity index (χ1n) is 5.10. The van der Waals surface area contributed by atoms with E-state index >= 15 is 0 Å². The quantitative estimate of drug-likeness (QED) is 0.518. The van der Waals surface area contributed by atoms with Gasteiger partial charge in [-0.2, -0.15) is 0 Å². The van der Waals surface area contributed by atoms with Crippen molar-refractivity contribution in [1.29, 1.82) is 0 Å². The lowest BCUT2D eigenvalue weighted by molar-refractivity contribution is -0.251. The third-order valence-electron chi connectivity index (χ3n) is 2.43. The fourth-order valence-corrected chi connectivity index (χ4v) is 1.25. The van der Waals surface area contributed by atoms with Crippen LogP contribution in [0.15, 0.2) is 12.2 Å². The molecule has 15 heavy (non-hydrogen) atoms. The minimum atomic E-state index is -1.01. The number of ether oxygens (including phenoxy) is 3. The Morgan fingerprint density at radius 3 is 2.80 bits per heavy atom. The van der Waals surface area contributed by atoms with Gasteiger partial charge in [0, 0.05) is 19.1 Å². The maximum absolute atomic E-state index is 11.4. The lowest BCUT2D eigenvalue weighted by atomic mass is 10.2. The van der Waals surface area contributed by atoms with Gasteiger partial charge in [-0.05, 0) is 20.3 Å². The second kappa shape index (κ2) is 4.77. The molecule has 4 heteroatoms. The van der Waals surface area contributed by atoms with Crippen LogP contribution in [0.3, 0.4) is 0 Å². The number of esters is 1. The first kappa shape index (κ1) is 12.2. The molecule has 2 unspecified atom stereocenters. The second-order valence-corrected chi connectivity index (χ2v) is 3.90. The topological polar surface area (TPSA) is 44.8 Å². The molecule has 1 fully saturated rings. The van der Waals surface area contributed by atoms with Crippen molar-refractivity contribution in [2.75, 3.05) is 13.2 Å². The first-order valence-corrected chi connectivity index (χ1v) is 5.10. The maximum atomic E-state index is 11.4. The predicted molar refractivity (Wildman–Crippen MR) is 55.3 cm³/mol. The Bertz CT molecular complexity index is 261. The van der Waals surface area contributed by atoms with Crippen LogP contribution in [0.2, 0.25) is 0 Å². The van der Waals surface area contributed by atoms with Crippen molar-refractivity contribution in [3.05, 3.63) is 12.2 Å². The molecule has 0 amide bonds. The summed E-state index contributed by atoms with van der Waals surface area (Å²) in [6.45, 7) is 9.84. The van der Waals surface area contributed by atoms with E-state index in [0.29, 0.717) is 18.8 Å². The summed E-state index contributed by atoms with van der Waals surface area (Å²) in [5, 5.41) is 0. The van der Waals surface area contributed by atoms with E-state index in [1.165, 1.54) is 0 Å². The van der Waals surface area contributed by atoms with Gasteiger partial charge in [-0.1, -0.05) is 6.58 Å². The molecule has 2 atom stereocenters. The zero-order chi connectivity index (χ0) is 11.5. The monoisotopic (exact) mass is 214 g/mol. The van der Waals surface area contributed by atoms with Crippen LogP contribution in [-0.4, -0.2) is 31.1 Å². The van der Waals surface area contributed by atoms with E-state index in [1.54, 1.807) is 13.8 Å². The van der Waals surface area contributed by atoms with Crippen molar-refractivity contribution >= 4 is 5.97 Å². The van der Waals surface area contributed by atoms with Crippen LogP contribution >= 0.6 is 0 Å². The highest BCUT2D eigenvalue weighted by Gasteiger charge is 2.38. The van der Waals surface area contributed by atoms with Gasteiger partial charge in [0.05, 0.1) is 6.61 Å². The molecule has 1 saturated heterocycles. The predicted octanol–water partition coefficient (Wildman–Crippen LogP) is 1.65. The summed E-state index contributed by atoms with van der Waals surface area (Å²) in [4.78, 5) is 11.4. The Balaban J connectivity index is 2.69. The number of hydrogen-bond donors (Lipinski definition) is 0. The van der Waals surface area contributed by atoms with E-state index in [2.05, 4.69) is 6.58 Å². The molecule has 0 N–H and O–H groups in total. The fourth-order valence-electron chi connectivity index (χ4n) is 1.25. The molecule has 0 bridgehead atoms. The molecular formula is C11H18O4. The van der Waals surface area contributed by atoms with E-state index in [9.17, 15) is 4.79 Å². The molecule has 0 radical (unpaired) electrons. The molecule has 4 nitrogen and oxygen atoms in total. The minimum Gasteiger partial charge on any atom is -0.427 e. The van der Waals surface area contributed by atoms with Gasteiger partial charge in [0.15, 0.2) is 0 Å². The van der Waals surface area contributed by atoms with Gasteiger partial charge in [-0.25, -0.2) is 4.79 Å². The van der Waals surface area contributed by atoms with Crippen molar-refractivity contribution in [2.24, 2.45) is 0 Å². The van der Waals surface area contributed by atoms with Gasteiger partial charge >= 0.3 is 5.97 Å². The van der Waals surface area contributed by atoms with Crippen LogP contribution < -0.4 is 0 Å². The number of hydrogen-bond acceptors (Lipinski definition) is 4. The molecule has 1 aliphatic heterocycles. The molecule has 0 aromatic heterocycles. The Morgan fingerprint density at radius 2 is 2.20 bits per heavy atom. The lowest BCUT2D eigenvalue weighted by Gasteiger charge is -2.32. The second-order valence-electron chi connectivity index (χ2n) is 3.90. The van der Waals surface area contributed by atoms with Crippen LogP contribution in [0.25, 0.3) is 0 Å². The minimum absolute atomic E-state index is 0.275. The van der Waals surface area contributed by atoms with Crippen molar-refractivity contribution in [3.8, 4) is 0 Å². The van der Waals surface area contributed by atoms with E-state index < -0.39 is 11.8 Å². The van der Waals surface area contributed by atoms with Crippen molar-refractivity contribution in [1.82, 2.24) is 0 Å². The van der Waals surface area contributed by atoms with Gasteiger partial charge in [-0.15, -0.1) is 0 Å². The molecule has 0 spiro atoms. The zero-order valence-electron chi connectivity index (χ0n) is 9.54. The Hall–Kier alpha value is -0.870. The average molecular weight is 214 g/mol. The largest absolute Gasteiger partial charge is 0.427 e. The first-order chi connectivity index (χ1) is 6.96. The zero-order valence-corrected chi connectivity index (χ0v) is 9.54. The molecule has 0 saturated carbocycles. The SMILES string of the molecule is C=C(C)C(=O)OC1(C)OCCCOC1C. The van der Waals surface area contributed by atoms with Crippen LogP contribution in [0.4, 0.5) is 0 Å². The summed E-state index contributed by atoms with van der Waals surface area (Å²) in [7, 11) is 0. The molecule has 1 rings (SSSR count). The summed E-state index contributed by atoms with van der Waals surface area (Å²) in [5.41, 5.74) is 0.358. The summed E-state index contributed by atoms with van der Waals surface area (Å²) >= 11 is 0. The van der Waals surface area contributed by atoms with Crippen LogP contribution in [-0.2, 0) is 19.0 Å². The Labute approximate surface area is 90.2 Å². The van der Waals surface area contributed by atoms with Crippen molar-refractivity contribution < 1.29 is 19.0 Å².